The van der Waals surface area contributed by atoms with Crippen LogP contribution in [0.2, 0.25) is 0 Å². The fraction of sp³-hybridized carbons (Fsp3) is 0.500. The van der Waals surface area contributed by atoms with E-state index in [2.05, 4.69) is 11.3 Å². The van der Waals surface area contributed by atoms with Crippen LogP contribution in [0.25, 0.3) is 0 Å². The van der Waals surface area contributed by atoms with E-state index in [9.17, 15) is 4.79 Å². The molecule has 0 spiro atoms. The maximum Gasteiger partial charge on any atom is 0.309 e. The van der Waals surface area contributed by atoms with Gasteiger partial charge in [-0.05, 0) is 0 Å². The Kier molecular flexibility index (Phi) is 5.32. The summed E-state index contributed by atoms with van der Waals surface area (Å²) in [7, 11) is 0. The highest BCUT2D eigenvalue weighted by Crippen LogP contribution is 1.86. The van der Waals surface area contributed by atoms with Gasteiger partial charge in [-0.3, -0.25) is 4.79 Å². The molecule has 0 radical (unpaired) electrons. The van der Waals surface area contributed by atoms with Crippen LogP contribution in [0.4, 0.5) is 0 Å². The Labute approximate surface area is 59.5 Å². The average Bonchev–Trinajstić information content (AvgIpc) is 1.85. The summed E-state index contributed by atoms with van der Waals surface area (Å²) in [6, 6.07) is 0. The van der Waals surface area contributed by atoms with Crippen molar-refractivity contribution in [3.63, 3.8) is 0 Å². The SMILES string of the molecule is C=CCC(=O)OCCCl. The predicted molar refractivity (Wildman–Crippen MR) is 36.5 cm³/mol. The van der Waals surface area contributed by atoms with E-state index in [4.69, 9.17) is 11.6 Å². The zero-order valence-electron chi connectivity index (χ0n) is 5.10. The lowest BCUT2D eigenvalue weighted by Crippen LogP contribution is -2.04. The van der Waals surface area contributed by atoms with Crippen molar-refractivity contribution >= 4 is 17.6 Å². The van der Waals surface area contributed by atoms with Crippen molar-refractivity contribution in [2.24, 2.45) is 0 Å². The lowest BCUT2D eigenvalue weighted by Gasteiger charge is -1.96. The van der Waals surface area contributed by atoms with E-state index in [1.54, 1.807) is 0 Å². The van der Waals surface area contributed by atoms with E-state index < -0.39 is 0 Å². The van der Waals surface area contributed by atoms with Gasteiger partial charge in [0.15, 0.2) is 0 Å². The molecule has 0 aliphatic heterocycles. The van der Waals surface area contributed by atoms with Crippen LogP contribution in [0.5, 0.6) is 0 Å². The molecule has 0 saturated carbocycles. The zero-order valence-corrected chi connectivity index (χ0v) is 5.86. The van der Waals surface area contributed by atoms with E-state index >= 15 is 0 Å². The Hall–Kier alpha value is -0.500. The lowest BCUT2D eigenvalue weighted by molar-refractivity contribution is -0.141. The van der Waals surface area contributed by atoms with Gasteiger partial charge in [0.2, 0.25) is 0 Å². The maximum atomic E-state index is 10.4. The summed E-state index contributed by atoms with van der Waals surface area (Å²) in [6.45, 7) is 3.66. The molecule has 0 amide bonds. The Morgan fingerprint density at radius 1 is 1.78 bits per heavy atom. The Bertz CT molecular complexity index is 101. The molecule has 0 heterocycles. The number of carbonyl (C=O) groups is 1. The van der Waals surface area contributed by atoms with Crippen LogP contribution in [0.1, 0.15) is 6.42 Å². The number of hydrogen-bond acceptors (Lipinski definition) is 2. The van der Waals surface area contributed by atoms with Gasteiger partial charge in [-0.25, -0.2) is 0 Å². The Morgan fingerprint density at radius 3 is 2.89 bits per heavy atom. The molecule has 0 fully saturated rings. The minimum atomic E-state index is -0.273. The zero-order chi connectivity index (χ0) is 7.11. The van der Waals surface area contributed by atoms with Gasteiger partial charge in [-0.2, -0.15) is 0 Å². The molecule has 0 N–H and O–H groups in total. The highest BCUT2D eigenvalue weighted by atomic mass is 35.5. The van der Waals surface area contributed by atoms with Crippen molar-refractivity contribution in [3.8, 4) is 0 Å². The second-order valence-corrected chi connectivity index (χ2v) is 1.78. The van der Waals surface area contributed by atoms with Crippen LogP contribution in [-0.2, 0) is 9.53 Å². The van der Waals surface area contributed by atoms with Gasteiger partial charge in [0.1, 0.15) is 6.61 Å². The normalized spacial score (nSPS) is 8.56. The molecule has 0 aromatic carbocycles. The van der Waals surface area contributed by atoms with Gasteiger partial charge < -0.3 is 4.74 Å². The summed E-state index contributed by atoms with van der Waals surface area (Å²) in [6.07, 6.45) is 1.76. The molecule has 0 atom stereocenters. The number of alkyl halides is 1. The largest absolute Gasteiger partial charge is 0.464 e. The molecule has 0 unspecified atom stereocenters. The third kappa shape index (κ3) is 5.37. The monoisotopic (exact) mass is 148 g/mol. The van der Waals surface area contributed by atoms with Crippen LogP contribution in [0.15, 0.2) is 12.7 Å². The van der Waals surface area contributed by atoms with Crippen molar-refractivity contribution in [3.05, 3.63) is 12.7 Å². The van der Waals surface area contributed by atoms with Gasteiger partial charge in [0.05, 0.1) is 12.3 Å². The summed E-state index contributed by atoms with van der Waals surface area (Å²) in [4.78, 5) is 10.4. The van der Waals surface area contributed by atoms with E-state index in [0.717, 1.165) is 0 Å². The molecule has 0 bridgehead atoms. The summed E-state index contributed by atoms with van der Waals surface area (Å²) in [5, 5.41) is 0. The second-order valence-electron chi connectivity index (χ2n) is 1.40. The third-order valence-corrected chi connectivity index (χ3v) is 0.806. The number of rotatable bonds is 4. The number of ether oxygens (including phenoxy) is 1. The maximum absolute atomic E-state index is 10.4. The van der Waals surface area contributed by atoms with Crippen molar-refractivity contribution in [2.45, 2.75) is 6.42 Å². The molecule has 0 aliphatic rings. The highest BCUT2D eigenvalue weighted by Gasteiger charge is 1.95. The second kappa shape index (κ2) is 5.63. The number of hydrogen-bond donors (Lipinski definition) is 0. The summed E-state index contributed by atoms with van der Waals surface area (Å²) in [5.74, 6) is 0.0775. The fourth-order valence-electron chi connectivity index (χ4n) is 0.329. The molecule has 9 heavy (non-hydrogen) atoms. The fourth-order valence-corrected chi connectivity index (χ4v) is 0.406. The number of carbonyl (C=O) groups excluding carboxylic acids is 1. The lowest BCUT2D eigenvalue weighted by atomic mass is 10.4. The highest BCUT2D eigenvalue weighted by molar-refractivity contribution is 6.18. The first-order chi connectivity index (χ1) is 4.31. The molecule has 0 aliphatic carbocycles. The van der Waals surface area contributed by atoms with Gasteiger partial charge >= 0.3 is 5.97 Å². The minimum absolute atomic E-state index is 0.261. The van der Waals surface area contributed by atoms with Gasteiger partial charge in [0.25, 0.3) is 0 Å². The average molecular weight is 149 g/mol. The molecule has 52 valence electrons. The van der Waals surface area contributed by atoms with Crippen LogP contribution in [-0.4, -0.2) is 18.5 Å². The Morgan fingerprint density at radius 2 is 2.44 bits per heavy atom. The summed E-state index contributed by atoms with van der Waals surface area (Å²) >= 11 is 5.24. The van der Waals surface area contributed by atoms with Gasteiger partial charge in [0, 0.05) is 0 Å². The number of esters is 1. The Balaban J connectivity index is 3.16. The van der Waals surface area contributed by atoms with Crippen LogP contribution in [0, 0.1) is 0 Å². The first-order valence-corrected chi connectivity index (χ1v) is 3.17. The molecule has 2 nitrogen and oxygen atoms in total. The molecule has 0 aromatic heterocycles. The smallest absolute Gasteiger partial charge is 0.309 e. The van der Waals surface area contributed by atoms with E-state index in [1.165, 1.54) is 6.08 Å². The quantitative estimate of drug-likeness (QED) is 0.342. The molecule has 0 saturated heterocycles. The van der Waals surface area contributed by atoms with Crippen molar-refractivity contribution in [2.75, 3.05) is 12.5 Å². The molecule has 0 rings (SSSR count). The topological polar surface area (TPSA) is 26.3 Å². The minimum Gasteiger partial charge on any atom is -0.464 e. The van der Waals surface area contributed by atoms with Crippen molar-refractivity contribution in [1.82, 2.24) is 0 Å². The standard InChI is InChI=1S/C6H9ClO2/c1-2-3-6(8)9-5-4-7/h2H,1,3-5H2. The van der Waals surface area contributed by atoms with E-state index in [1.807, 2.05) is 0 Å². The first kappa shape index (κ1) is 8.50. The van der Waals surface area contributed by atoms with E-state index in [-0.39, 0.29) is 19.0 Å². The van der Waals surface area contributed by atoms with Gasteiger partial charge in [-0.15, -0.1) is 18.2 Å². The van der Waals surface area contributed by atoms with Crippen LogP contribution in [0.3, 0.4) is 0 Å². The van der Waals surface area contributed by atoms with Crippen LogP contribution < -0.4 is 0 Å². The van der Waals surface area contributed by atoms with E-state index in [0.29, 0.717) is 5.88 Å². The summed E-state index contributed by atoms with van der Waals surface area (Å²) < 4.78 is 4.59. The number of halogens is 1. The first-order valence-electron chi connectivity index (χ1n) is 2.63. The van der Waals surface area contributed by atoms with Gasteiger partial charge in [-0.1, -0.05) is 6.08 Å². The molecular formula is C6H9ClO2. The third-order valence-electron chi connectivity index (χ3n) is 0.651. The van der Waals surface area contributed by atoms with Crippen molar-refractivity contribution < 1.29 is 9.53 Å². The molecule has 3 heteroatoms. The van der Waals surface area contributed by atoms with Crippen molar-refractivity contribution in [1.29, 1.82) is 0 Å². The van der Waals surface area contributed by atoms with Crippen LogP contribution >= 0.6 is 11.6 Å². The molecule has 0 aromatic rings. The predicted octanol–water partition coefficient (Wildman–Crippen LogP) is 1.34. The molecular weight excluding hydrogens is 140 g/mol. The summed E-state index contributed by atoms with van der Waals surface area (Å²) in [5.41, 5.74) is 0.